The maximum Gasteiger partial charge on any atom is 0.342 e. The number of nitriles is 1. The van der Waals surface area contributed by atoms with Crippen molar-refractivity contribution in [2.75, 3.05) is 24.6 Å². The summed E-state index contributed by atoms with van der Waals surface area (Å²) in [4.78, 5) is 27.3. The van der Waals surface area contributed by atoms with Crippen LogP contribution in [0.25, 0.3) is 5.52 Å². The smallest absolute Gasteiger partial charge is 0.342 e. The molecule has 1 aliphatic heterocycles. The minimum atomic E-state index is -0.502. The Hall–Kier alpha value is -2.81. The fourth-order valence-corrected chi connectivity index (χ4v) is 3.23. The van der Waals surface area contributed by atoms with E-state index in [0.29, 0.717) is 16.8 Å². The third-order valence-corrected chi connectivity index (χ3v) is 4.29. The van der Waals surface area contributed by atoms with Gasteiger partial charge in [-0.15, -0.1) is 0 Å². The molecule has 24 heavy (non-hydrogen) atoms. The van der Waals surface area contributed by atoms with Crippen LogP contribution < -0.4 is 10.5 Å². The lowest BCUT2D eigenvalue weighted by atomic mass is 10.0. The molecule has 6 heteroatoms. The maximum absolute atomic E-state index is 12.7. The second kappa shape index (κ2) is 6.75. The number of carbonyl (C=O) groups is 1. The Morgan fingerprint density at radius 2 is 2.04 bits per heavy atom. The Morgan fingerprint density at radius 1 is 1.29 bits per heavy atom. The zero-order chi connectivity index (χ0) is 17.1. The van der Waals surface area contributed by atoms with Gasteiger partial charge in [-0.1, -0.05) is 6.07 Å². The Kier molecular flexibility index (Phi) is 4.52. The van der Waals surface area contributed by atoms with Crippen LogP contribution in [-0.2, 0) is 4.74 Å². The first-order chi connectivity index (χ1) is 11.7. The monoisotopic (exact) mass is 325 g/mol. The molecule has 3 heterocycles. The quantitative estimate of drug-likeness (QED) is 0.810. The number of esters is 1. The lowest BCUT2D eigenvalue weighted by Gasteiger charge is -2.31. The summed E-state index contributed by atoms with van der Waals surface area (Å²) in [6.45, 7) is 3.42. The average Bonchev–Trinajstić information content (AvgIpc) is 2.62. The molecule has 1 fully saturated rings. The van der Waals surface area contributed by atoms with Crippen LogP contribution in [-0.4, -0.2) is 30.1 Å². The first kappa shape index (κ1) is 16.1. The second-order valence-electron chi connectivity index (χ2n) is 5.74. The Bertz CT molecular complexity index is 873. The standard InChI is InChI=1S/C18H19N3O3/c1-2-24-18(23)15-14-8-4-7-11-21(14)17(22)13(12-19)16(15)20-9-5-3-6-10-20/h4,7-8,11H,2-3,5-6,9-10H2,1H3. The van der Waals surface area contributed by atoms with Crippen molar-refractivity contribution in [2.24, 2.45) is 0 Å². The van der Waals surface area contributed by atoms with Gasteiger partial charge >= 0.3 is 5.97 Å². The van der Waals surface area contributed by atoms with Crippen molar-refractivity contribution in [1.82, 2.24) is 4.40 Å². The van der Waals surface area contributed by atoms with E-state index in [0.717, 1.165) is 32.4 Å². The first-order valence-electron chi connectivity index (χ1n) is 8.18. The molecule has 0 amide bonds. The van der Waals surface area contributed by atoms with Crippen molar-refractivity contribution in [1.29, 1.82) is 5.26 Å². The van der Waals surface area contributed by atoms with Gasteiger partial charge in [0.15, 0.2) is 0 Å². The van der Waals surface area contributed by atoms with Crippen molar-refractivity contribution in [3.05, 3.63) is 45.9 Å². The van der Waals surface area contributed by atoms with Gasteiger partial charge in [0, 0.05) is 19.3 Å². The van der Waals surface area contributed by atoms with Crippen LogP contribution in [0.1, 0.15) is 42.1 Å². The summed E-state index contributed by atoms with van der Waals surface area (Å²) < 4.78 is 6.56. The van der Waals surface area contributed by atoms with E-state index in [9.17, 15) is 14.9 Å². The SMILES string of the molecule is CCOC(=O)c1c(N2CCCCC2)c(C#N)c(=O)n2ccccc12. The van der Waals surface area contributed by atoms with Crippen LogP contribution in [0.2, 0.25) is 0 Å². The molecule has 0 N–H and O–H groups in total. The number of ether oxygens (including phenoxy) is 1. The van der Waals surface area contributed by atoms with Crippen molar-refractivity contribution in [3.63, 3.8) is 0 Å². The van der Waals surface area contributed by atoms with E-state index >= 15 is 0 Å². The molecule has 3 rings (SSSR count). The predicted octanol–water partition coefficient (Wildman–Crippen LogP) is 2.34. The van der Waals surface area contributed by atoms with Gasteiger partial charge in [-0.05, 0) is 38.3 Å². The van der Waals surface area contributed by atoms with Crippen molar-refractivity contribution < 1.29 is 9.53 Å². The molecule has 0 saturated carbocycles. The highest BCUT2D eigenvalue weighted by molar-refractivity contribution is 6.04. The summed E-state index contributed by atoms with van der Waals surface area (Å²) in [5, 5.41) is 9.58. The van der Waals surface area contributed by atoms with Gasteiger partial charge < -0.3 is 9.64 Å². The molecule has 0 aromatic carbocycles. The minimum Gasteiger partial charge on any atom is -0.462 e. The molecule has 1 aliphatic rings. The van der Waals surface area contributed by atoms with Gasteiger partial charge in [0.2, 0.25) is 0 Å². The molecule has 6 nitrogen and oxygen atoms in total. The second-order valence-corrected chi connectivity index (χ2v) is 5.74. The van der Waals surface area contributed by atoms with E-state index in [-0.39, 0.29) is 12.2 Å². The largest absolute Gasteiger partial charge is 0.462 e. The van der Waals surface area contributed by atoms with E-state index in [1.165, 1.54) is 4.40 Å². The predicted molar refractivity (Wildman–Crippen MR) is 90.4 cm³/mol. The van der Waals surface area contributed by atoms with Gasteiger partial charge in [-0.25, -0.2) is 4.79 Å². The number of fused-ring (bicyclic) bond motifs is 1. The maximum atomic E-state index is 12.7. The lowest BCUT2D eigenvalue weighted by molar-refractivity contribution is 0.0528. The number of rotatable bonds is 3. The number of pyridine rings is 2. The molecule has 0 atom stereocenters. The number of piperidine rings is 1. The van der Waals surface area contributed by atoms with E-state index in [1.807, 2.05) is 11.0 Å². The number of nitrogens with zero attached hydrogens (tertiary/aromatic N) is 3. The van der Waals surface area contributed by atoms with Gasteiger partial charge in [0.25, 0.3) is 5.56 Å². The zero-order valence-corrected chi connectivity index (χ0v) is 13.6. The molecule has 0 radical (unpaired) electrons. The molecule has 0 aliphatic carbocycles. The van der Waals surface area contributed by atoms with Crippen molar-refractivity contribution in [3.8, 4) is 6.07 Å². The summed E-state index contributed by atoms with van der Waals surface area (Å²) in [7, 11) is 0. The summed E-state index contributed by atoms with van der Waals surface area (Å²) in [5.41, 5.74) is 0.799. The topological polar surface area (TPSA) is 74.8 Å². The third kappa shape index (κ3) is 2.62. The van der Waals surface area contributed by atoms with Crippen LogP contribution in [0.4, 0.5) is 5.69 Å². The Labute approximate surface area is 139 Å². The molecule has 0 bridgehead atoms. The van der Waals surface area contributed by atoms with Gasteiger partial charge in [0.05, 0.1) is 17.8 Å². The van der Waals surface area contributed by atoms with Crippen LogP contribution in [0.3, 0.4) is 0 Å². The van der Waals surface area contributed by atoms with Gasteiger partial charge in [-0.3, -0.25) is 9.20 Å². The Morgan fingerprint density at radius 3 is 2.71 bits per heavy atom. The van der Waals surface area contributed by atoms with Gasteiger partial charge in [-0.2, -0.15) is 5.26 Å². The average molecular weight is 325 g/mol. The van der Waals surface area contributed by atoms with Crippen LogP contribution in [0.15, 0.2) is 29.2 Å². The number of anilines is 1. The number of carbonyl (C=O) groups excluding carboxylic acids is 1. The first-order valence-corrected chi connectivity index (χ1v) is 8.18. The molecule has 1 saturated heterocycles. The molecule has 124 valence electrons. The van der Waals surface area contributed by atoms with E-state index in [1.54, 1.807) is 31.3 Å². The molecule has 2 aromatic rings. The summed E-state index contributed by atoms with van der Waals surface area (Å²) in [6, 6.07) is 7.19. The third-order valence-electron chi connectivity index (χ3n) is 4.29. The van der Waals surface area contributed by atoms with E-state index in [4.69, 9.17) is 4.74 Å². The number of hydrogen-bond acceptors (Lipinski definition) is 5. The fraction of sp³-hybridized carbons (Fsp3) is 0.389. The molecular formula is C18H19N3O3. The summed E-state index contributed by atoms with van der Waals surface area (Å²) >= 11 is 0. The highest BCUT2D eigenvalue weighted by Crippen LogP contribution is 2.30. The molecule has 0 spiro atoms. The molecule has 0 unspecified atom stereocenters. The minimum absolute atomic E-state index is 0.00338. The molecular weight excluding hydrogens is 306 g/mol. The Balaban J connectivity index is 2.37. The lowest BCUT2D eigenvalue weighted by Crippen LogP contribution is -2.35. The highest BCUT2D eigenvalue weighted by atomic mass is 16.5. The summed E-state index contributed by atoms with van der Waals surface area (Å²) in [6.07, 6.45) is 4.63. The number of hydrogen-bond donors (Lipinski definition) is 0. The zero-order valence-electron chi connectivity index (χ0n) is 13.6. The van der Waals surface area contributed by atoms with E-state index < -0.39 is 11.5 Å². The van der Waals surface area contributed by atoms with Crippen LogP contribution in [0.5, 0.6) is 0 Å². The van der Waals surface area contributed by atoms with Gasteiger partial charge in [0.1, 0.15) is 17.2 Å². The van der Waals surface area contributed by atoms with Crippen molar-refractivity contribution in [2.45, 2.75) is 26.2 Å². The normalized spacial score (nSPS) is 14.4. The fourth-order valence-electron chi connectivity index (χ4n) is 3.23. The number of aromatic nitrogens is 1. The van der Waals surface area contributed by atoms with Crippen LogP contribution >= 0.6 is 0 Å². The van der Waals surface area contributed by atoms with Crippen LogP contribution in [0, 0.1) is 11.3 Å². The van der Waals surface area contributed by atoms with E-state index in [2.05, 4.69) is 0 Å². The highest BCUT2D eigenvalue weighted by Gasteiger charge is 2.28. The summed E-state index contributed by atoms with van der Waals surface area (Å²) in [5.74, 6) is -0.502. The van der Waals surface area contributed by atoms with Crippen molar-refractivity contribution >= 4 is 17.2 Å². The molecule has 2 aromatic heterocycles.